The van der Waals surface area contributed by atoms with E-state index >= 15 is 0 Å². The molecule has 89 heavy (non-hydrogen) atoms. The Bertz CT molecular complexity index is 3920. The molecule has 1 saturated carbocycles. The number of nitrogens with one attached hydrogen (secondary N) is 2. The van der Waals surface area contributed by atoms with Crippen LogP contribution >= 0.6 is 0 Å². The molecule has 4 heterocycles. The quantitative estimate of drug-likeness (QED) is 0.0402. The molecule has 4 aliphatic heterocycles. The number of hydrogen-bond donors (Lipinski definition) is 2. The number of carbonyl (C=O) groups is 2. The Morgan fingerprint density at radius 3 is 1.63 bits per heavy atom. The maximum Gasteiger partial charge on any atom is 0.306 e. The first kappa shape index (κ1) is 62.4. The molecular formula is C75H83IN10O3. The number of allylic oxidation sites excluding steroid dienone is 8. The molecule has 1 atom stereocenters. The van der Waals surface area contributed by atoms with Gasteiger partial charge in [-0.2, -0.15) is 5.11 Å². The van der Waals surface area contributed by atoms with Gasteiger partial charge in [0, 0.05) is 97.2 Å². The minimum atomic E-state index is -0.817. The number of para-hydroxylation sites is 2. The highest BCUT2D eigenvalue weighted by molar-refractivity contribution is 6.11. The van der Waals surface area contributed by atoms with Crippen molar-refractivity contribution in [2.45, 2.75) is 123 Å². The van der Waals surface area contributed by atoms with Gasteiger partial charge in [-0.1, -0.05) is 158 Å². The number of fused-ring (bicyclic) bond motifs is 3. The standard InChI is InChI=1S/C75H83N10O3.HI/c1-8-10-45-84-65-33-19-17-30-58(65)73(3,4)67(84)41-35-52-23-21-24-53(36-42-68-74(5,6)59-31-18-20-34-66(59)85(68)46-11-9-2)72(52)83-49-47-82(48-50-83)69(86)43-44-70(87)88-51-75(7)76-63-32-22-29-57-62(39-40-64(77-75)71(57)63)81-80-61-38-37-60(55-27-15-16-28-56(55)61)79-78-54-25-13-12-14-26-54;/h12-20,22,25-42,76-77H,8-11,21,23-24,43-51H2,1-7H3;1H/q+1;/p-1. The molecule has 1 unspecified atom stereocenters. The topological polar surface area (TPSA) is 130 Å². The van der Waals surface area contributed by atoms with Crippen LogP contribution in [0.4, 0.5) is 45.5 Å². The lowest BCUT2D eigenvalue weighted by atomic mass is 9.82. The van der Waals surface area contributed by atoms with Crippen molar-refractivity contribution in [3.8, 4) is 0 Å². The number of ether oxygens (including phenoxy) is 1. The number of piperazine rings is 1. The van der Waals surface area contributed by atoms with Crippen LogP contribution in [0.2, 0.25) is 0 Å². The molecule has 12 rings (SSSR count). The summed E-state index contributed by atoms with van der Waals surface area (Å²) >= 11 is 0. The van der Waals surface area contributed by atoms with Crippen LogP contribution < -0.4 is 44.4 Å². The van der Waals surface area contributed by atoms with Crippen molar-refractivity contribution < 1.29 is 42.9 Å². The summed E-state index contributed by atoms with van der Waals surface area (Å²) in [6.45, 7) is 20.6. The van der Waals surface area contributed by atoms with E-state index in [1.807, 2.05) is 109 Å². The van der Waals surface area contributed by atoms with Gasteiger partial charge in [0.15, 0.2) is 13.1 Å². The van der Waals surface area contributed by atoms with Crippen molar-refractivity contribution in [2.24, 2.45) is 20.5 Å². The normalized spacial score (nSPS) is 20.2. The SMILES string of the molecule is CCCCN1/C(=C\C=C2/CCC/C(=C\C=C3\N(CCCC)c4ccccc4C3(C)C)C2=[N+]2CCN(C(=O)CCC(=O)OCC3(C)Nc4cccc5c(N=Nc6ccc(N=Nc7ccccc7)c7ccccc67)ccc(c45)N3)CC2)C(C)(C)c2ccccc21.[I-]. The molecule has 13 nitrogen and oxygen atoms in total. The molecule has 0 bridgehead atoms. The highest BCUT2D eigenvalue weighted by Gasteiger charge is 2.42. The number of amides is 1. The Hall–Kier alpha value is -8.24. The second-order valence-electron chi connectivity index (χ2n) is 25.3. The van der Waals surface area contributed by atoms with E-state index in [0.717, 1.165) is 108 Å². The van der Waals surface area contributed by atoms with Crippen molar-refractivity contribution in [3.05, 3.63) is 204 Å². The molecule has 1 amide bonds. The fourth-order valence-corrected chi connectivity index (χ4v) is 13.8. The van der Waals surface area contributed by atoms with E-state index in [-0.39, 0.29) is 60.2 Å². The van der Waals surface area contributed by atoms with E-state index in [4.69, 9.17) is 15.0 Å². The summed E-state index contributed by atoms with van der Waals surface area (Å²) in [4.78, 5) is 34.7. The fraction of sp³-hybridized carbons (Fsp3) is 0.347. The number of hydrogen-bond acceptors (Lipinski definition) is 11. The van der Waals surface area contributed by atoms with E-state index in [1.54, 1.807) is 0 Å². The smallest absolute Gasteiger partial charge is 0.306 e. The van der Waals surface area contributed by atoms with Crippen LogP contribution in [0.25, 0.3) is 21.5 Å². The number of carbonyl (C=O) groups excluding carboxylic acids is 2. The lowest BCUT2D eigenvalue weighted by Gasteiger charge is -2.38. The lowest BCUT2D eigenvalue weighted by Crippen LogP contribution is -3.00. The van der Waals surface area contributed by atoms with E-state index < -0.39 is 11.6 Å². The van der Waals surface area contributed by atoms with E-state index in [2.05, 4.69) is 150 Å². The van der Waals surface area contributed by atoms with Gasteiger partial charge in [-0.25, -0.2) is 4.58 Å². The number of azo groups is 2. The highest BCUT2D eigenvalue weighted by atomic mass is 127. The van der Waals surface area contributed by atoms with Crippen LogP contribution in [0.1, 0.15) is 117 Å². The zero-order valence-electron chi connectivity index (χ0n) is 52.7. The van der Waals surface area contributed by atoms with Gasteiger partial charge >= 0.3 is 5.97 Å². The van der Waals surface area contributed by atoms with Crippen molar-refractivity contribution in [1.82, 2.24) is 4.90 Å². The minimum Gasteiger partial charge on any atom is -1.00 e. The van der Waals surface area contributed by atoms with E-state index in [1.165, 1.54) is 50.8 Å². The molecular weight excluding hydrogens is 1220 g/mol. The van der Waals surface area contributed by atoms with Crippen LogP contribution in [0, 0.1) is 0 Å². The van der Waals surface area contributed by atoms with Gasteiger partial charge in [-0.15, -0.1) is 15.3 Å². The average molecular weight is 1300 g/mol. The van der Waals surface area contributed by atoms with Crippen molar-refractivity contribution in [1.29, 1.82) is 0 Å². The van der Waals surface area contributed by atoms with Gasteiger partial charge in [0.05, 0.1) is 42.3 Å². The molecule has 2 fully saturated rings. The predicted molar refractivity (Wildman–Crippen MR) is 360 cm³/mol. The summed E-state index contributed by atoms with van der Waals surface area (Å²) in [7, 11) is 0. The molecule has 5 aliphatic rings. The first-order valence-corrected chi connectivity index (χ1v) is 31.9. The fourth-order valence-electron chi connectivity index (χ4n) is 13.8. The number of esters is 1. The maximum atomic E-state index is 14.0. The van der Waals surface area contributed by atoms with Crippen LogP contribution in [-0.2, 0) is 25.2 Å². The Labute approximate surface area is 542 Å². The third-order valence-electron chi connectivity index (χ3n) is 18.5. The molecule has 7 aromatic carbocycles. The van der Waals surface area contributed by atoms with Crippen LogP contribution in [-0.4, -0.2) is 78.6 Å². The number of anilines is 4. The molecule has 0 radical (unpaired) electrons. The van der Waals surface area contributed by atoms with Crippen LogP contribution in [0.3, 0.4) is 0 Å². The number of benzene rings is 7. The molecule has 458 valence electrons. The van der Waals surface area contributed by atoms with Crippen molar-refractivity contribution >= 4 is 84.6 Å². The second-order valence-corrected chi connectivity index (χ2v) is 25.3. The molecule has 1 aliphatic carbocycles. The van der Waals surface area contributed by atoms with Crippen molar-refractivity contribution in [2.75, 3.05) is 66.3 Å². The summed E-state index contributed by atoms with van der Waals surface area (Å²) in [5, 5.41) is 29.5. The molecule has 0 spiro atoms. The largest absolute Gasteiger partial charge is 1.00 e. The van der Waals surface area contributed by atoms with Gasteiger partial charge in [0.1, 0.15) is 12.3 Å². The number of rotatable bonds is 17. The summed E-state index contributed by atoms with van der Waals surface area (Å²) in [5.74, 6) is -0.439. The highest BCUT2D eigenvalue weighted by Crippen LogP contribution is 2.50. The maximum absolute atomic E-state index is 14.0. The zero-order valence-corrected chi connectivity index (χ0v) is 54.8. The van der Waals surface area contributed by atoms with Gasteiger partial charge in [0.25, 0.3) is 0 Å². The lowest BCUT2D eigenvalue weighted by molar-refractivity contribution is -0.537. The van der Waals surface area contributed by atoms with Crippen LogP contribution in [0.15, 0.2) is 213 Å². The Morgan fingerprint density at radius 1 is 0.562 bits per heavy atom. The van der Waals surface area contributed by atoms with Crippen LogP contribution in [0.5, 0.6) is 0 Å². The summed E-state index contributed by atoms with van der Waals surface area (Å²) in [6.07, 6.45) is 17.3. The van der Waals surface area contributed by atoms with Crippen molar-refractivity contribution in [3.63, 3.8) is 0 Å². The number of halogens is 1. The molecule has 7 aromatic rings. The average Bonchev–Trinajstić information content (AvgIpc) is 1.95. The number of nitrogens with zero attached hydrogens (tertiary/aromatic N) is 8. The van der Waals surface area contributed by atoms with E-state index in [9.17, 15) is 9.59 Å². The monoisotopic (exact) mass is 1300 g/mol. The van der Waals surface area contributed by atoms with E-state index in [0.29, 0.717) is 31.9 Å². The predicted octanol–water partition coefficient (Wildman–Crippen LogP) is 15.0. The molecule has 2 N–H and O–H groups in total. The molecule has 14 heteroatoms. The first-order valence-electron chi connectivity index (χ1n) is 31.9. The zero-order chi connectivity index (χ0) is 61.0. The molecule has 1 saturated heterocycles. The molecule has 0 aromatic heterocycles. The third kappa shape index (κ3) is 12.8. The minimum absolute atomic E-state index is 0. The summed E-state index contributed by atoms with van der Waals surface area (Å²) in [6, 6.07) is 49.4. The Kier molecular flexibility index (Phi) is 18.8. The third-order valence-corrected chi connectivity index (χ3v) is 18.5. The number of unbranched alkanes of at least 4 members (excludes halogenated alkanes) is 2. The second kappa shape index (κ2) is 26.8. The summed E-state index contributed by atoms with van der Waals surface area (Å²) < 4.78 is 8.50. The first-order chi connectivity index (χ1) is 42.7. The van der Waals surface area contributed by atoms with Gasteiger partial charge < -0.3 is 54.0 Å². The summed E-state index contributed by atoms with van der Waals surface area (Å²) in [5.41, 5.74) is 15.7. The van der Waals surface area contributed by atoms with Gasteiger partial charge in [0.2, 0.25) is 11.6 Å². The Morgan fingerprint density at radius 2 is 1.06 bits per heavy atom. The Balaban J connectivity index is 0.00000817. The van der Waals surface area contributed by atoms with Gasteiger partial charge in [-0.05, 0) is 117 Å². The van der Waals surface area contributed by atoms with Gasteiger partial charge in [-0.3, -0.25) is 9.59 Å².